The molecule has 1 nitrogen and oxygen atoms in total. The number of rotatable bonds is 5. The quantitative estimate of drug-likeness (QED) is 0.839. The number of benzene rings is 1. The molecule has 1 aromatic carbocycles. The maximum Gasteiger partial charge on any atom is 0.128 e. The zero-order chi connectivity index (χ0) is 14.7. The molecule has 2 rings (SSSR count). The van der Waals surface area contributed by atoms with Gasteiger partial charge in [0.25, 0.3) is 0 Å². The third-order valence-electron chi connectivity index (χ3n) is 3.53. The van der Waals surface area contributed by atoms with E-state index in [-0.39, 0.29) is 17.7 Å². The van der Waals surface area contributed by atoms with Crippen molar-refractivity contribution in [2.24, 2.45) is 0 Å². The van der Waals surface area contributed by atoms with Crippen LogP contribution in [0.5, 0.6) is 0 Å². The molecule has 1 unspecified atom stereocenters. The summed E-state index contributed by atoms with van der Waals surface area (Å²) in [5.41, 5.74) is 2.03. The lowest BCUT2D eigenvalue weighted by molar-refractivity contribution is 0.517. The van der Waals surface area contributed by atoms with Gasteiger partial charge in [-0.2, -0.15) is 0 Å². The second-order valence-corrected chi connectivity index (χ2v) is 5.95. The molecule has 1 atom stereocenters. The van der Waals surface area contributed by atoms with Crippen molar-refractivity contribution < 1.29 is 8.78 Å². The number of hydrogen-bond donors (Lipinski definition) is 1. The molecule has 0 aliphatic carbocycles. The number of aryl methyl sites for hydroxylation is 2. The maximum absolute atomic E-state index is 13.9. The Morgan fingerprint density at radius 1 is 1.25 bits per heavy atom. The van der Waals surface area contributed by atoms with Crippen LogP contribution in [0.3, 0.4) is 0 Å². The minimum atomic E-state index is -0.361. The van der Waals surface area contributed by atoms with Crippen LogP contribution in [0.2, 0.25) is 0 Å². The van der Waals surface area contributed by atoms with E-state index in [2.05, 4.69) is 23.7 Å². The maximum atomic E-state index is 13.9. The molecule has 0 saturated carbocycles. The summed E-state index contributed by atoms with van der Waals surface area (Å²) in [4.78, 5) is 1.26. The zero-order valence-corrected chi connectivity index (χ0v) is 12.8. The Bertz CT molecular complexity index is 592. The fourth-order valence-electron chi connectivity index (χ4n) is 2.19. The van der Waals surface area contributed by atoms with Crippen LogP contribution in [0.25, 0.3) is 0 Å². The van der Waals surface area contributed by atoms with E-state index in [4.69, 9.17) is 0 Å². The summed E-state index contributed by atoms with van der Waals surface area (Å²) in [6, 6.07) is 4.43. The van der Waals surface area contributed by atoms with Crippen molar-refractivity contribution in [1.82, 2.24) is 5.32 Å². The Kier molecular flexibility index (Phi) is 4.89. The van der Waals surface area contributed by atoms with Gasteiger partial charge in [0.05, 0.1) is 0 Å². The Labute approximate surface area is 122 Å². The first-order valence-corrected chi connectivity index (χ1v) is 7.65. The van der Waals surface area contributed by atoms with Gasteiger partial charge in [-0.1, -0.05) is 6.92 Å². The standard InChI is InChI=1S/C16H19F2NS/c1-4-12-5-6-20-16(12)9-19-11(3)13-8-14(17)10(2)7-15(13)18/h5-8,11,19H,4,9H2,1-3H3. The first-order chi connectivity index (χ1) is 9.52. The average Bonchev–Trinajstić information content (AvgIpc) is 2.87. The molecule has 0 fully saturated rings. The van der Waals surface area contributed by atoms with Gasteiger partial charge < -0.3 is 5.32 Å². The first kappa shape index (κ1) is 15.1. The van der Waals surface area contributed by atoms with Crippen molar-refractivity contribution in [2.75, 3.05) is 0 Å². The molecular weight excluding hydrogens is 276 g/mol. The van der Waals surface area contributed by atoms with E-state index in [1.54, 1.807) is 18.3 Å². The van der Waals surface area contributed by atoms with E-state index >= 15 is 0 Å². The van der Waals surface area contributed by atoms with Crippen LogP contribution < -0.4 is 5.32 Å². The summed E-state index contributed by atoms with van der Waals surface area (Å²) in [6.45, 7) is 6.22. The SMILES string of the molecule is CCc1ccsc1CNC(C)c1cc(F)c(C)cc1F. The predicted molar refractivity (Wildman–Crippen MR) is 80.0 cm³/mol. The lowest BCUT2D eigenvalue weighted by Gasteiger charge is -2.16. The highest BCUT2D eigenvalue weighted by Crippen LogP contribution is 2.22. The molecule has 0 amide bonds. The van der Waals surface area contributed by atoms with E-state index in [0.717, 1.165) is 6.42 Å². The Balaban J connectivity index is 2.09. The average molecular weight is 295 g/mol. The van der Waals surface area contributed by atoms with Crippen LogP contribution in [0.4, 0.5) is 8.78 Å². The van der Waals surface area contributed by atoms with E-state index < -0.39 is 0 Å². The second kappa shape index (κ2) is 6.46. The Hall–Kier alpha value is -1.26. The molecule has 0 bridgehead atoms. The van der Waals surface area contributed by atoms with Crippen molar-refractivity contribution in [3.05, 3.63) is 56.8 Å². The molecule has 0 radical (unpaired) electrons. The Morgan fingerprint density at radius 3 is 2.70 bits per heavy atom. The van der Waals surface area contributed by atoms with Gasteiger partial charge in [0.2, 0.25) is 0 Å². The molecule has 20 heavy (non-hydrogen) atoms. The molecule has 2 aromatic rings. The minimum Gasteiger partial charge on any atom is -0.305 e. The number of nitrogens with one attached hydrogen (secondary N) is 1. The highest BCUT2D eigenvalue weighted by molar-refractivity contribution is 7.10. The van der Waals surface area contributed by atoms with Crippen LogP contribution in [0, 0.1) is 18.6 Å². The van der Waals surface area contributed by atoms with Gasteiger partial charge in [0.1, 0.15) is 11.6 Å². The second-order valence-electron chi connectivity index (χ2n) is 4.95. The normalized spacial score (nSPS) is 12.7. The summed E-state index contributed by atoms with van der Waals surface area (Å²) < 4.78 is 27.4. The van der Waals surface area contributed by atoms with Gasteiger partial charge in [0.15, 0.2) is 0 Å². The van der Waals surface area contributed by atoms with Gasteiger partial charge in [0, 0.05) is 23.0 Å². The summed E-state index contributed by atoms with van der Waals surface area (Å²) in [6.07, 6.45) is 0.989. The molecule has 0 saturated heterocycles. The van der Waals surface area contributed by atoms with E-state index in [0.29, 0.717) is 17.7 Å². The largest absolute Gasteiger partial charge is 0.305 e. The fraction of sp³-hybridized carbons (Fsp3) is 0.375. The molecule has 0 aliphatic rings. The molecule has 0 aliphatic heterocycles. The van der Waals surface area contributed by atoms with Gasteiger partial charge in [-0.15, -0.1) is 11.3 Å². The van der Waals surface area contributed by atoms with Crippen LogP contribution in [-0.2, 0) is 13.0 Å². The van der Waals surface area contributed by atoms with Crippen molar-refractivity contribution >= 4 is 11.3 Å². The molecule has 0 spiro atoms. The summed E-state index contributed by atoms with van der Waals surface area (Å²) >= 11 is 1.69. The third kappa shape index (κ3) is 3.25. The van der Waals surface area contributed by atoms with Crippen molar-refractivity contribution in [3.63, 3.8) is 0 Å². The number of thiophene rings is 1. The summed E-state index contributed by atoms with van der Waals surface area (Å²) in [5, 5.41) is 5.33. The topological polar surface area (TPSA) is 12.0 Å². The van der Waals surface area contributed by atoms with Crippen molar-refractivity contribution in [3.8, 4) is 0 Å². The minimum absolute atomic E-state index is 0.225. The van der Waals surface area contributed by atoms with E-state index in [1.807, 2.05) is 6.92 Å². The summed E-state index contributed by atoms with van der Waals surface area (Å²) in [7, 11) is 0. The summed E-state index contributed by atoms with van der Waals surface area (Å²) in [5.74, 6) is -0.716. The molecule has 1 heterocycles. The van der Waals surface area contributed by atoms with Crippen LogP contribution in [0.15, 0.2) is 23.6 Å². The fourth-order valence-corrected chi connectivity index (χ4v) is 3.11. The highest BCUT2D eigenvalue weighted by atomic mass is 32.1. The van der Waals surface area contributed by atoms with Crippen LogP contribution in [0.1, 0.15) is 41.5 Å². The molecule has 4 heteroatoms. The molecular formula is C16H19F2NS. The first-order valence-electron chi connectivity index (χ1n) is 6.77. The molecule has 108 valence electrons. The van der Waals surface area contributed by atoms with E-state index in [1.165, 1.54) is 22.6 Å². The lowest BCUT2D eigenvalue weighted by Crippen LogP contribution is -2.19. The number of halogens is 2. The van der Waals surface area contributed by atoms with E-state index in [9.17, 15) is 8.78 Å². The van der Waals surface area contributed by atoms with Gasteiger partial charge in [-0.25, -0.2) is 8.78 Å². The number of hydrogen-bond acceptors (Lipinski definition) is 2. The van der Waals surface area contributed by atoms with Gasteiger partial charge >= 0.3 is 0 Å². The predicted octanol–water partition coefficient (Wildman–Crippen LogP) is 4.75. The third-order valence-corrected chi connectivity index (χ3v) is 4.50. The molecule has 1 N–H and O–H groups in total. The van der Waals surface area contributed by atoms with Crippen LogP contribution in [-0.4, -0.2) is 0 Å². The smallest absolute Gasteiger partial charge is 0.128 e. The highest BCUT2D eigenvalue weighted by Gasteiger charge is 2.14. The van der Waals surface area contributed by atoms with Gasteiger partial charge in [-0.3, -0.25) is 0 Å². The van der Waals surface area contributed by atoms with Crippen LogP contribution >= 0.6 is 11.3 Å². The van der Waals surface area contributed by atoms with Crippen molar-refractivity contribution in [1.29, 1.82) is 0 Å². The zero-order valence-electron chi connectivity index (χ0n) is 12.0. The monoisotopic (exact) mass is 295 g/mol. The van der Waals surface area contributed by atoms with Gasteiger partial charge in [-0.05, 0) is 55.0 Å². The Morgan fingerprint density at radius 2 is 2.00 bits per heavy atom. The van der Waals surface area contributed by atoms with Crippen molar-refractivity contribution in [2.45, 2.75) is 39.8 Å². The molecule has 1 aromatic heterocycles. The lowest BCUT2D eigenvalue weighted by atomic mass is 10.0.